The first-order chi connectivity index (χ1) is 8.88. The first kappa shape index (κ1) is 11.8. The maximum Gasteiger partial charge on any atom is 0.224 e. The molecule has 1 saturated heterocycles. The number of anilines is 2. The third kappa shape index (κ3) is 2.16. The van der Waals surface area contributed by atoms with E-state index in [2.05, 4.69) is 33.2 Å². The molecule has 1 aromatic rings. The van der Waals surface area contributed by atoms with Gasteiger partial charge in [-0.1, -0.05) is 6.42 Å². The molecule has 2 atom stereocenters. The van der Waals surface area contributed by atoms with Crippen molar-refractivity contribution in [2.24, 2.45) is 5.92 Å². The average molecular weight is 246 g/mol. The highest BCUT2D eigenvalue weighted by molar-refractivity contribution is 5.44. The topological polar surface area (TPSA) is 41.1 Å². The molecule has 1 aliphatic carbocycles. The van der Waals surface area contributed by atoms with Crippen molar-refractivity contribution in [3.63, 3.8) is 0 Å². The fourth-order valence-corrected chi connectivity index (χ4v) is 3.49. The minimum absolute atomic E-state index is 0.725. The van der Waals surface area contributed by atoms with E-state index in [1.165, 1.54) is 32.1 Å². The summed E-state index contributed by atoms with van der Waals surface area (Å²) in [6.07, 6.45) is 8.72. The Labute approximate surface area is 109 Å². The molecule has 18 heavy (non-hydrogen) atoms. The molecule has 4 heteroatoms. The summed E-state index contributed by atoms with van der Waals surface area (Å²) in [6.45, 7) is 4.10. The van der Waals surface area contributed by atoms with Gasteiger partial charge in [0.15, 0.2) is 0 Å². The van der Waals surface area contributed by atoms with Gasteiger partial charge in [0.1, 0.15) is 5.82 Å². The van der Waals surface area contributed by atoms with Gasteiger partial charge in [0.2, 0.25) is 5.95 Å². The Morgan fingerprint density at radius 1 is 1.33 bits per heavy atom. The second-order valence-corrected chi connectivity index (χ2v) is 5.36. The molecule has 0 amide bonds. The van der Waals surface area contributed by atoms with Crippen molar-refractivity contribution in [2.75, 3.05) is 23.3 Å². The predicted octanol–water partition coefficient (Wildman–Crippen LogP) is 2.68. The number of hydrogen-bond acceptors (Lipinski definition) is 4. The molecule has 0 bridgehead atoms. The van der Waals surface area contributed by atoms with Crippen LogP contribution in [0.1, 0.15) is 39.0 Å². The third-order valence-corrected chi connectivity index (χ3v) is 4.26. The van der Waals surface area contributed by atoms with Crippen LogP contribution in [0.15, 0.2) is 12.3 Å². The molecule has 1 saturated carbocycles. The Bertz CT molecular complexity index is 407. The van der Waals surface area contributed by atoms with E-state index in [1.54, 1.807) is 0 Å². The van der Waals surface area contributed by atoms with Gasteiger partial charge >= 0.3 is 0 Å². The second-order valence-electron chi connectivity index (χ2n) is 5.36. The van der Waals surface area contributed by atoms with Gasteiger partial charge in [-0.15, -0.1) is 0 Å². The smallest absolute Gasteiger partial charge is 0.224 e. The standard InChI is InChI=1S/C14H22N4/c1-2-15-14-16-9-8-13(17-14)18-10-4-6-11-5-3-7-12(11)18/h8-9,11-12H,2-7,10H2,1H3,(H,15,16,17). The van der Waals surface area contributed by atoms with E-state index in [0.717, 1.165) is 36.8 Å². The largest absolute Gasteiger partial charge is 0.354 e. The van der Waals surface area contributed by atoms with Crippen molar-refractivity contribution in [1.29, 1.82) is 0 Å². The molecule has 2 unspecified atom stereocenters. The van der Waals surface area contributed by atoms with Crippen molar-refractivity contribution >= 4 is 11.8 Å². The van der Waals surface area contributed by atoms with Crippen LogP contribution in [0.5, 0.6) is 0 Å². The van der Waals surface area contributed by atoms with E-state index < -0.39 is 0 Å². The number of nitrogens with one attached hydrogen (secondary N) is 1. The Balaban J connectivity index is 1.82. The highest BCUT2D eigenvalue weighted by Crippen LogP contribution is 2.38. The van der Waals surface area contributed by atoms with E-state index >= 15 is 0 Å². The summed E-state index contributed by atoms with van der Waals surface area (Å²) in [7, 11) is 0. The lowest BCUT2D eigenvalue weighted by Crippen LogP contribution is -2.43. The fourth-order valence-electron chi connectivity index (χ4n) is 3.49. The Hall–Kier alpha value is -1.32. The molecule has 1 aliphatic heterocycles. The SMILES string of the molecule is CCNc1nccc(N2CCCC3CCCC32)n1. The minimum atomic E-state index is 0.725. The normalized spacial score (nSPS) is 27.1. The molecule has 1 N–H and O–H groups in total. The summed E-state index contributed by atoms with van der Waals surface area (Å²) >= 11 is 0. The van der Waals surface area contributed by atoms with Gasteiger partial charge in [-0.05, 0) is 44.6 Å². The predicted molar refractivity (Wildman–Crippen MR) is 73.9 cm³/mol. The highest BCUT2D eigenvalue weighted by atomic mass is 15.3. The molecule has 3 rings (SSSR count). The second kappa shape index (κ2) is 5.12. The summed E-state index contributed by atoms with van der Waals surface area (Å²) in [6, 6.07) is 2.78. The van der Waals surface area contributed by atoms with Gasteiger partial charge in [0, 0.05) is 25.3 Å². The lowest BCUT2D eigenvalue weighted by atomic mass is 9.92. The molecule has 2 fully saturated rings. The van der Waals surface area contributed by atoms with Crippen molar-refractivity contribution < 1.29 is 0 Å². The third-order valence-electron chi connectivity index (χ3n) is 4.26. The van der Waals surface area contributed by atoms with Gasteiger partial charge in [-0.3, -0.25) is 0 Å². The van der Waals surface area contributed by atoms with Gasteiger partial charge < -0.3 is 10.2 Å². The Morgan fingerprint density at radius 2 is 2.22 bits per heavy atom. The van der Waals surface area contributed by atoms with Crippen LogP contribution in [-0.2, 0) is 0 Å². The van der Waals surface area contributed by atoms with Crippen LogP contribution in [0, 0.1) is 5.92 Å². The summed E-state index contributed by atoms with van der Waals surface area (Å²) in [5, 5.41) is 3.20. The molecular formula is C14H22N4. The van der Waals surface area contributed by atoms with Crippen molar-refractivity contribution in [1.82, 2.24) is 9.97 Å². The maximum absolute atomic E-state index is 4.65. The van der Waals surface area contributed by atoms with Gasteiger partial charge in [0.25, 0.3) is 0 Å². The number of hydrogen-bond donors (Lipinski definition) is 1. The van der Waals surface area contributed by atoms with Crippen molar-refractivity contribution in [2.45, 2.75) is 45.1 Å². The van der Waals surface area contributed by atoms with E-state index in [9.17, 15) is 0 Å². The summed E-state index contributed by atoms with van der Waals surface area (Å²) < 4.78 is 0. The minimum Gasteiger partial charge on any atom is -0.354 e. The lowest BCUT2D eigenvalue weighted by molar-refractivity contribution is 0.360. The van der Waals surface area contributed by atoms with Crippen LogP contribution in [-0.4, -0.2) is 29.1 Å². The summed E-state index contributed by atoms with van der Waals surface area (Å²) in [5.41, 5.74) is 0. The van der Waals surface area contributed by atoms with E-state index in [0.29, 0.717) is 0 Å². The van der Waals surface area contributed by atoms with E-state index in [4.69, 9.17) is 0 Å². The van der Waals surface area contributed by atoms with Crippen LogP contribution >= 0.6 is 0 Å². The number of nitrogens with zero attached hydrogens (tertiary/aromatic N) is 3. The maximum atomic E-state index is 4.65. The molecule has 0 radical (unpaired) electrons. The molecular weight excluding hydrogens is 224 g/mol. The lowest BCUT2D eigenvalue weighted by Gasteiger charge is -2.38. The average Bonchev–Trinajstić information content (AvgIpc) is 2.87. The monoisotopic (exact) mass is 246 g/mol. The zero-order valence-electron chi connectivity index (χ0n) is 11.1. The Kier molecular flexibility index (Phi) is 3.35. The molecule has 0 aromatic carbocycles. The molecule has 4 nitrogen and oxygen atoms in total. The summed E-state index contributed by atoms with van der Waals surface area (Å²) in [4.78, 5) is 11.4. The van der Waals surface area contributed by atoms with Gasteiger partial charge in [-0.2, -0.15) is 4.98 Å². The quantitative estimate of drug-likeness (QED) is 0.890. The zero-order chi connectivity index (χ0) is 12.4. The van der Waals surface area contributed by atoms with Crippen LogP contribution in [0.2, 0.25) is 0 Å². The zero-order valence-corrected chi connectivity index (χ0v) is 11.1. The fraction of sp³-hybridized carbons (Fsp3) is 0.714. The van der Waals surface area contributed by atoms with Crippen molar-refractivity contribution in [3.05, 3.63) is 12.3 Å². The first-order valence-corrected chi connectivity index (χ1v) is 7.22. The van der Waals surface area contributed by atoms with Crippen LogP contribution in [0.25, 0.3) is 0 Å². The molecule has 98 valence electrons. The van der Waals surface area contributed by atoms with E-state index in [-0.39, 0.29) is 0 Å². The first-order valence-electron chi connectivity index (χ1n) is 7.22. The van der Waals surface area contributed by atoms with Gasteiger partial charge in [-0.25, -0.2) is 4.98 Å². The number of aromatic nitrogens is 2. The van der Waals surface area contributed by atoms with E-state index in [1.807, 2.05) is 6.20 Å². The molecule has 2 aliphatic rings. The van der Waals surface area contributed by atoms with Crippen molar-refractivity contribution in [3.8, 4) is 0 Å². The van der Waals surface area contributed by atoms with Crippen LogP contribution in [0.4, 0.5) is 11.8 Å². The molecule has 2 heterocycles. The molecule has 0 spiro atoms. The molecule has 1 aromatic heterocycles. The Morgan fingerprint density at radius 3 is 3.11 bits per heavy atom. The summed E-state index contributed by atoms with van der Waals surface area (Å²) in [5.74, 6) is 2.77. The number of piperidine rings is 1. The number of rotatable bonds is 3. The van der Waals surface area contributed by atoms with Crippen LogP contribution in [0.3, 0.4) is 0 Å². The van der Waals surface area contributed by atoms with Crippen LogP contribution < -0.4 is 10.2 Å². The number of fused-ring (bicyclic) bond motifs is 1. The van der Waals surface area contributed by atoms with Gasteiger partial charge in [0.05, 0.1) is 0 Å². The highest BCUT2D eigenvalue weighted by Gasteiger charge is 2.35.